The molecule has 7 heteroatoms. The first-order valence-corrected chi connectivity index (χ1v) is 9.44. The molecule has 0 unspecified atom stereocenters. The molecule has 1 N–H and O–H groups in total. The highest BCUT2D eigenvalue weighted by Gasteiger charge is 2.11. The van der Waals surface area contributed by atoms with Crippen LogP contribution in [0.4, 0.5) is 5.13 Å². The van der Waals surface area contributed by atoms with Crippen molar-refractivity contribution < 1.29 is 4.79 Å². The number of aromatic nitrogens is 3. The third-order valence-electron chi connectivity index (χ3n) is 3.60. The number of carbonyl (C=O) groups is 1. The van der Waals surface area contributed by atoms with Crippen LogP contribution in [0.2, 0.25) is 0 Å². The number of thiazole rings is 1. The minimum Gasteiger partial charge on any atom is -0.301 e. The molecule has 4 rings (SSSR count). The Kier molecular flexibility index (Phi) is 4.49. The Hall–Kier alpha value is -2.64. The van der Waals surface area contributed by atoms with Gasteiger partial charge in [0.05, 0.1) is 15.2 Å². The molecule has 1 amide bonds. The lowest BCUT2D eigenvalue weighted by molar-refractivity contribution is -0.116. The lowest BCUT2D eigenvalue weighted by Gasteiger charge is -1.99. The second-order valence-corrected chi connectivity index (χ2v) is 7.49. The van der Waals surface area contributed by atoms with Crippen molar-refractivity contribution in [2.75, 3.05) is 5.32 Å². The monoisotopic (exact) mass is 366 g/mol. The number of aryl methyl sites for hydroxylation is 1. The maximum Gasteiger partial charge on any atom is 0.226 e. The molecule has 0 saturated carbocycles. The molecule has 0 spiro atoms. The fourth-order valence-electron chi connectivity index (χ4n) is 2.40. The van der Waals surface area contributed by atoms with Crippen LogP contribution in [0.25, 0.3) is 20.8 Å². The SMILES string of the molecule is O=C(CCc1nc2ccccc2s1)Nc1nnc(-c2ccccc2)s1. The molecule has 0 radical (unpaired) electrons. The first kappa shape index (κ1) is 15.9. The predicted molar refractivity (Wildman–Crippen MR) is 102 cm³/mol. The number of nitrogens with one attached hydrogen (secondary N) is 1. The van der Waals surface area contributed by atoms with Crippen LogP contribution in [0.5, 0.6) is 0 Å². The van der Waals surface area contributed by atoms with Crippen molar-refractivity contribution in [2.45, 2.75) is 12.8 Å². The standard InChI is InChI=1S/C18H14N4OS2/c23-15(10-11-16-19-13-8-4-5-9-14(13)24-16)20-18-22-21-17(25-18)12-6-2-1-3-7-12/h1-9H,10-11H2,(H,20,22,23). The number of benzene rings is 2. The molecule has 4 aromatic rings. The van der Waals surface area contributed by atoms with E-state index in [-0.39, 0.29) is 5.91 Å². The highest BCUT2D eigenvalue weighted by atomic mass is 32.1. The molecule has 0 saturated heterocycles. The quantitative estimate of drug-likeness (QED) is 0.569. The Morgan fingerprint density at radius 3 is 2.60 bits per heavy atom. The van der Waals surface area contributed by atoms with Gasteiger partial charge in [-0.2, -0.15) is 0 Å². The third-order valence-corrected chi connectivity index (χ3v) is 5.58. The number of fused-ring (bicyclic) bond motifs is 1. The summed E-state index contributed by atoms with van der Waals surface area (Å²) in [7, 11) is 0. The second-order valence-electron chi connectivity index (χ2n) is 5.40. The Bertz CT molecular complexity index is 977. The summed E-state index contributed by atoms with van der Waals surface area (Å²) < 4.78 is 1.15. The average molecular weight is 366 g/mol. The Morgan fingerprint density at radius 1 is 0.960 bits per heavy atom. The van der Waals surface area contributed by atoms with E-state index in [0.29, 0.717) is 18.0 Å². The number of amides is 1. The molecule has 0 aliphatic heterocycles. The molecular formula is C18H14N4OS2. The minimum absolute atomic E-state index is 0.0741. The second kappa shape index (κ2) is 7.08. The summed E-state index contributed by atoms with van der Waals surface area (Å²) in [5.74, 6) is -0.0741. The maximum absolute atomic E-state index is 12.2. The maximum atomic E-state index is 12.2. The van der Waals surface area contributed by atoms with Crippen LogP contribution in [0, 0.1) is 0 Å². The number of rotatable bonds is 5. The van der Waals surface area contributed by atoms with Gasteiger partial charge in [0.15, 0.2) is 0 Å². The van der Waals surface area contributed by atoms with E-state index in [2.05, 4.69) is 20.5 Å². The predicted octanol–water partition coefficient (Wildman–Crippen LogP) is 4.39. The first-order valence-electron chi connectivity index (χ1n) is 7.81. The van der Waals surface area contributed by atoms with Crippen LogP contribution < -0.4 is 5.32 Å². The Balaban J connectivity index is 1.37. The highest BCUT2D eigenvalue weighted by Crippen LogP contribution is 2.26. The molecule has 0 atom stereocenters. The lowest BCUT2D eigenvalue weighted by Crippen LogP contribution is -2.12. The van der Waals surface area contributed by atoms with Gasteiger partial charge >= 0.3 is 0 Å². The summed E-state index contributed by atoms with van der Waals surface area (Å²) >= 11 is 3.00. The molecule has 124 valence electrons. The number of hydrogen-bond acceptors (Lipinski definition) is 6. The van der Waals surface area contributed by atoms with E-state index in [9.17, 15) is 4.79 Å². The van der Waals surface area contributed by atoms with Crippen LogP contribution in [-0.4, -0.2) is 21.1 Å². The number of hydrogen-bond donors (Lipinski definition) is 1. The van der Waals surface area contributed by atoms with Gasteiger partial charge < -0.3 is 5.32 Å². The molecule has 25 heavy (non-hydrogen) atoms. The van der Waals surface area contributed by atoms with Crippen molar-refractivity contribution in [1.82, 2.24) is 15.2 Å². The summed E-state index contributed by atoms with van der Waals surface area (Å²) in [6.07, 6.45) is 0.996. The summed E-state index contributed by atoms with van der Waals surface area (Å²) in [4.78, 5) is 16.7. The van der Waals surface area contributed by atoms with Crippen LogP contribution in [-0.2, 0) is 11.2 Å². The zero-order chi connectivity index (χ0) is 17.1. The van der Waals surface area contributed by atoms with E-state index in [1.807, 2.05) is 54.6 Å². The largest absolute Gasteiger partial charge is 0.301 e. The topological polar surface area (TPSA) is 67.8 Å². The number of para-hydroxylation sites is 1. The van der Waals surface area contributed by atoms with Gasteiger partial charge in [-0.25, -0.2) is 4.98 Å². The molecule has 2 aromatic carbocycles. The fraction of sp³-hybridized carbons (Fsp3) is 0.111. The number of carbonyl (C=O) groups excluding carboxylic acids is 1. The summed E-state index contributed by atoms with van der Waals surface area (Å²) in [6, 6.07) is 17.8. The van der Waals surface area contributed by atoms with Gasteiger partial charge in [0.25, 0.3) is 0 Å². The van der Waals surface area contributed by atoms with Crippen molar-refractivity contribution in [3.05, 3.63) is 59.6 Å². The molecule has 2 aromatic heterocycles. The average Bonchev–Trinajstić information content (AvgIpc) is 3.27. The zero-order valence-corrected chi connectivity index (χ0v) is 14.8. The van der Waals surface area contributed by atoms with Crippen molar-refractivity contribution in [2.24, 2.45) is 0 Å². The van der Waals surface area contributed by atoms with Gasteiger partial charge in [0.1, 0.15) is 5.01 Å². The van der Waals surface area contributed by atoms with Crippen molar-refractivity contribution in [3.63, 3.8) is 0 Å². The number of nitrogens with zero attached hydrogens (tertiary/aromatic N) is 3. The normalized spacial score (nSPS) is 10.9. The molecule has 0 bridgehead atoms. The van der Waals surface area contributed by atoms with Crippen LogP contribution in [0.3, 0.4) is 0 Å². The van der Waals surface area contributed by atoms with Gasteiger partial charge in [-0.3, -0.25) is 4.79 Å². The van der Waals surface area contributed by atoms with Crippen LogP contribution in [0.15, 0.2) is 54.6 Å². The zero-order valence-electron chi connectivity index (χ0n) is 13.2. The molecule has 0 fully saturated rings. The van der Waals surface area contributed by atoms with Crippen LogP contribution >= 0.6 is 22.7 Å². The van der Waals surface area contributed by atoms with Crippen molar-refractivity contribution >= 4 is 43.9 Å². The summed E-state index contributed by atoms with van der Waals surface area (Å²) in [6.45, 7) is 0. The fourth-order valence-corrected chi connectivity index (χ4v) is 4.13. The van der Waals surface area contributed by atoms with Gasteiger partial charge in [0, 0.05) is 18.4 Å². The van der Waals surface area contributed by atoms with Gasteiger partial charge in [-0.05, 0) is 12.1 Å². The minimum atomic E-state index is -0.0741. The number of anilines is 1. The van der Waals surface area contributed by atoms with Crippen LogP contribution in [0.1, 0.15) is 11.4 Å². The molecular weight excluding hydrogens is 352 g/mol. The molecule has 2 heterocycles. The van der Waals surface area contributed by atoms with Gasteiger partial charge in [0.2, 0.25) is 11.0 Å². The van der Waals surface area contributed by atoms with E-state index in [1.54, 1.807) is 11.3 Å². The van der Waals surface area contributed by atoms with Crippen molar-refractivity contribution in [3.8, 4) is 10.6 Å². The van der Waals surface area contributed by atoms with E-state index in [1.165, 1.54) is 11.3 Å². The van der Waals surface area contributed by atoms with E-state index in [4.69, 9.17) is 0 Å². The molecule has 0 aliphatic rings. The lowest BCUT2D eigenvalue weighted by atomic mass is 10.2. The molecule has 0 aliphatic carbocycles. The smallest absolute Gasteiger partial charge is 0.226 e. The Morgan fingerprint density at radius 2 is 1.76 bits per heavy atom. The van der Waals surface area contributed by atoms with Crippen molar-refractivity contribution in [1.29, 1.82) is 0 Å². The summed E-state index contributed by atoms with van der Waals surface area (Å²) in [5, 5.41) is 13.3. The highest BCUT2D eigenvalue weighted by molar-refractivity contribution is 7.19. The Labute approximate surface area is 152 Å². The molecule has 5 nitrogen and oxygen atoms in total. The first-order chi connectivity index (χ1) is 12.3. The van der Waals surface area contributed by atoms with E-state index < -0.39 is 0 Å². The van der Waals surface area contributed by atoms with E-state index in [0.717, 1.165) is 25.8 Å². The van der Waals surface area contributed by atoms with Gasteiger partial charge in [-0.1, -0.05) is 53.8 Å². The van der Waals surface area contributed by atoms with E-state index >= 15 is 0 Å². The third kappa shape index (κ3) is 3.72. The van der Waals surface area contributed by atoms with Gasteiger partial charge in [-0.15, -0.1) is 21.5 Å². The summed E-state index contributed by atoms with van der Waals surface area (Å²) in [5.41, 5.74) is 1.98.